The molecule has 4 nitrogen and oxygen atoms in total. The molecule has 2 saturated carbocycles. The molecule has 2 aliphatic carbocycles. The second kappa shape index (κ2) is 8.16. The fraction of sp³-hybridized carbons (Fsp3) is 0.522. The fourth-order valence-electron chi connectivity index (χ4n) is 4.45. The summed E-state index contributed by atoms with van der Waals surface area (Å²) in [4.78, 5) is 29.3. The summed E-state index contributed by atoms with van der Waals surface area (Å²) in [5.74, 6) is 0.738. The quantitative estimate of drug-likeness (QED) is 0.636. The molecule has 2 atom stereocenters. The van der Waals surface area contributed by atoms with Gasteiger partial charge in [0.1, 0.15) is 17.4 Å². The van der Waals surface area contributed by atoms with Crippen molar-refractivity contribution in [3.05, 3.63) is 40.9 Å². The number of benzene rings is 1. The smallest absolute Gasteiger partial charge is 0.309 e. The van der Waals surface area contributed by atoms with E-state index in [1.54, 1.807) is 11.3 Å². The third-order valence-electron chi connectivity index (χ3n) is 6.12. The van der Waals surface area contributed by atoms with E-state index in [9.17, 15) is 9.59 Å². The highest BCUT2D eigenvalue weighted by Gasteiger charge is 2.41. The molecule has 1 heterocycles. The van der Waals surface area contributed by atoms with Crippen molar-refractivity contribution in [2.45, 2.75) is 58.5 Å². The first-order chi connectivity index (χ1) is 13.5. The molecule has 2 aliphatic rings. The number of nitrogens with zero attached hydrogens (tertiary/aromatic N) is 1. The molecule has 2 aromatic rings. The molecule has 5 heteroatoms. The molecular formula is C23H27NO3S. The first-order valence-electron chi connectivity index (χ1n) is 10.3. The largest absolute Gasteiger partial charge is 0.459 e. The van der Waals surface area contributed by atoms with Crippen LogP contribution in [0, 0.1) is 17.8 Å². The van der Waals surface area contributed by atoms with Gasteiger partial charge in [-0.3, -0.25) is 9.59 Å². The summed E-state index contributed by atoms with van der Waals surface area (Å²) in [6, 6.07) is 8.48. The number of carbonyl (C=O) groups is 2. The van der Waals surface area contributed by atoms with Crippen LogP contribution in [0.5, 0.6) is 0 Å². The van der Waals surface area contributed by atoms with Gasteiger partial charge in [-0.15, -0.1) is 11.3 Å². The number of aromatic nitrogens is 1. The number of rotatable bonds is 5. The van der Waals surface area contributed by atoms with E-state index in [1.807, 2.05) is 5.38 Å². The van der Waals surface area contributed by atoms with E-state index in [0.29, 0.717) is 24.5 Å². The van der Waals surface area contributed by atoms with Crippen LogP contribution in [0.3, 0.4) is 0 Å². The number of ketones is 1. The Hall–Kier alpha value is -2.01. The zero-order valence-electron chi connectivity index (χ0n) is 16.5. The molecule has 148 valence electrons. The van der Waals surface area contributed by atoms with E-state index in [-0.39, 0.29) is 30.3 Å². The third-order valence-corrected chi connectivity index (χ3v) is 7.06. The van der Waals surface area contributed by atoms with Crippen LogP contribution in [0.25, 0.3) is 10.6 Å². The Morgan fingerprint density at radius 3 is 2.50 bits per heavy atom. The van der Waals surface area contributed by atoms with Crippen molar-refractivity contribution in [1.29, 1.82) is 0 Å². The fourth-order valence-corrected chi connectivity index (χ4v) is 5.26. The Labute approximate surface area is 170 Å². The first-order valence-corrected chi connectivity index (χ1v) is 11.1. The molecule has 0 radical (unpaired) electrons. The highest BCUT2D eigenvalue weighted by Crippen LogP contribution is 2.40. The molecule has 0 aliphatic heterocycles. The van der Waals surface area contributed by atoms with Crippen LogP contribution in [-0.4, -0.2) is 16.7 Å². The highest BCUT2D eigenvalue weighted by molar-refractivity contribution is 7.13. The minimum Gasteiger partial charge on any atom is -0.459 e. The summed E-state index contributed by atoms with van der Waals surface area (Å²) >= 11 is 1.57. The molecule has 1 aromatic heterocycles. The van der Waals surface area contributed by atoms with Crippen molar-refractivity contribution >= 4 is 23.1 Å². The van der Waals surface area contributed by atoms with Crippen molar-refractivity contribution < 1.29 is 14.3 Å². The number of esters is 1. The molecule has 1 aromatic carbocycles. The van der Waals surface area contributed by atoms with Gasteiger partial charge in [-0.2, -0.15) is 0 Å². The zero-order valence-corrected chi connectivity index (χ0v) is 17.3. The number of hydrogen-bond donors (Lipinski definition) is 0. The van der Waals surface area contributed by atoms with Crippen molar-refractivity contribution in [2.75, 3.05) is 0 Å². The summed E-state index contributed by atoms with van der Waals surface area (Å²) in [6.45, 7) is 4.57. The Morgan fingerprint density at radius 2 is 1.86 bits per heavy atom. The van der Waals surface area contributed by atoms with Gasteiger partial charge in [-0.25, -0.2) is 4.98 Å². The predicted molar refractivity (Wildman–Crippen MR) is 110 cm³/mol. The lowest BCUT2D eigenvalue weighted by atomic mass is 9.67. The number of Topliss-reactive ketones (excluding diaryl/α,β-unsaturated/α-hetero) is 1. The second-order valence-corrected chi connectivity index (χ2v) is 9.28. The van der Waals surface area contributed by atoms with E-state index in [2.05, 4.69) is 43.1 Å². The maximum Gasteiger partial charge on any atom is 0.309 e. The van der Waals surface area contributed by atoms with Crippen LogP contribution in [0.4, 0.5) is 0 Å². The van der Waals surface area contributed by atoms with Gasteiger partial charge >= 0.3 is 5.97 Å². The van der Waals surface area contributed by atoms with Crippen molar-refractivity contribution in [3.8, 4) is 10.6 Å². The Bertz CT molecular complexity index is 839. The lowest BCUT2D eigenvalue weighted by Crippen LogP contribution is -2.39. The van der Waals surface area contributed by atoms with E-state index in [0.717, 1.165) is 35.5 Å². The van der Waals surface area contributed by atoms with Gasteiger partial charge in [0.05, 0.1) is 11.6 Å². The minimum atomic E-state index is -0.166. The van der Waals surface area contributed by atoms with Gasteiger partial charge < -0.3 is 4.74 Å². The molecule has 2 fully saturated rings. The van der Waals surface area contributed by atoms with Gasteiger partial charge in [0.15, 0.2) is 0 Å². The SMILES string of the molecule is CC(C)c1ccc(-c2nc(COC(=O)C3CC4CCCC(C3)C4=O)cs2)cc1. The van der Waals surface area contributed by atoms with Crippen LogP contribution >= 0.6 is 11.3 Å². The monoisotopic (exact) mass is 397 g/mol. The van der Waals surface area contributed by atoms with Gasteiger partial charge in [0.25, 0.3) is 0 Å². The molecule has 0 N–H and O–H groups in total. The van der Waals surface area contributed by atoms with Crippen molar-refractivity contribution in [1.82, 2.24) is 4.98 Å². The number of carbonyl (C=O) groups excluding carboxylic acids is 2. The number of hydrogen-bond acceptors (Lipinski definition) is 5. The standard InChI is InChI=1S/C23H27NO3S/c1-14(2)15-6-8-16(9-7-15)22-24-20(13-28-22)12-27-23(26)19-10-17-4-3-5-18(11-19)21(17)25/h6-9,13-14,17-19H,3-5,10-12H2,1-2H3. The topological polar surface area (TPSA) is 56.3 Å². The molecule has 28 heavy (non-hydrogen) atoms. The summed E-state index contributed by atoms with van der Waals surface area (Å²) in [7, 11) is 0. The van der Waals surface area contributed by atoms with Crippen LogP contribution < -0.4 is 0 Å². The van der Waals surface area contributed by atoms with Gasteiger partial charge in [-0.05, 0) is 37.2 Å². The van der Waals surface area contributed by atoms with Crippen LogP contribution in [0.1, 0.15) is 63.1 Å². The molecular weight excluding hydrogens is 370 g/mol. The molecule has 2 bridgehead atoms. The van der Waals surface area contributed by atoms with E-state index < -0.39 is 0 Å². The maximum absolute atomic E-state index is 12.5. The van der Waals surface area contributed by atoms with Crippen LogP contribution in [0.2, 0.25) is 0 Å². The zero-order chi connectivity index (χ0) is 19.7. The Balaban J connectivity index is 1.34. The molecule has 0 saturated heterocycles. The van der Waals surface area contributed by atoms with Crippen molar-refractivity contribution in [2.24, 2.45) is 17.8 Å². The van der Waals surface area contributed by atoms with E-state index >= 15 is 0 Å². The van der Waals surface area contributed by atoms with E-state index in [1.165, 1.54) is 5.56 Å². The normalized spacial score (nSPS) is 24.4. The predicted octanol–water partition coefficient (Wildman–Crippen LogP) is 5.37. The van der Waals surface area contributed by atoms with Gasteiger partial charge in [-0.1, -0.05) is 44.5 Å². The van der Waals surface area contributed by atoms with Gasteiger partial charge in [0.2, 0.25) is 0 Å². The summed E-state index contributed by atoms with van der Waals surface area (Å²) < 4.78 is 5.56. The number of fused-ring (bicyclic) bond motifs is 2. The first kappa shape index (κ1) is 19.3. The number of thiazole rings is 1. The van der Waals surface area contributed by atoms with E-state index in [4.69, 9.17) is 4.74 Å². The van der Waals surface area contributed by atoms with Gasteiger partial charge in [0, 0.05) is 22.8 Å². The number of ether oxygens (including phenoxy) is 1. The summed E-state index contributed by atoms with van der Waals surface area (Å²) in [5, 5.41) is 2.90. The maximum atomic E-state index is 12.5. The molecule has 2 unspecified atom stereocenters. The highest BCUT2D eigenvalue weighted by atomic mass is 32.1. The summed E-state index contributed by atoms with van der Waals surface area (Å²) in [5.41, 5.74) is 3.18. The average molecular weight is 398 g/mol. The Kier molecular flexibility index (Phi) is 5.63. The average Bonchev–Trinajstić information content (AvgIpc) is 3.15. The Morgan fingerprint density at radius 1 is 1.18 bits per heavy atom. The van der Waals surface area contributed by atoms with Crippen LogP contribution in [-0.2, 0) is 20.9 Å². The lowest BCUT2D eigenvalue weighted by molar-refractivity contribution is -0.154. The van der Waals surface area contributed by atoms with Crippen molar-refractivity contribution in [3.63, 3.8) is 0 Å². The third kappa shape index (κ3) is 4.04. The molecule has 0 spiro atoms. The molecule has 4 rings (SSSR count). The summed E-state index contributed by atoms with van der Waals surface area (Å²) in [6.07, 6.45) is 4.31. The van der Waals surface area contributed by atoms with Crippen LogP contribution in [0.15, 0.2) is 29.6 Å². The second-order valence-electron chi connectivity index (χ2n) is 8.42. The molecule has 0 amide bonds. The lowest BCUT2D eigenvalue weighted by Gasteiger charge is -2.36. The minimum absolute atomic E-state index is 0.0738.